The van der Waals surface area contributed by atoms with E-state index in [1.807, 2.05) is 0 Å². The van der Waals surface area contributed by atoms with Gasteiger partial charge in [0.2, 0.25) is 6.79 Å². The first-order chi connectivity index (χ1) is 5.43. The minimum atomic E-state index is 0.387. The van der Waals surface area contributed by atoms with Gasteiger partial charge >= 0.3 is 0 Å². The Morgan fingerprint density at radius 2 is 1.45 bits per heavy atom. The molecule has 0 saturated carbocycles. The van der Waals surface area contributed by atoms with Gasteiger partial charge in [0.05, 0.1) is 0 Å². The lowest BCUT2D eigenvalue weighted by Crippen LogP contribution is -2.07. The Balaban J connectivity index is 2.23. The number of fused-ring (bicyclic) bond motifs is 2. The van der Waals surface area contributed by atoms with Crippen LogP contribution in [0.25, 0.3) is 0 Å². The maximum absolute atomic E-state index is 5.25. The van der Waals surface area contributed by atoms with E-state index in [4.69, 9.17) is 9.47 Å². The first-order valence-corrected chi connectivity index (χ1v) is 3.85. The van der Waals surface area contributed by atoms with Gasteiger partial charge in [-0.25, -0.2) is 0 Å². The van der Waals surface area contributed by atoms with E-state index in [9.17, 15) is 0 Å². The SMILES string of the molecule is c1c2c(cc3c1OCO3)CC2. The molecule has 0 radical (unpaired) electrons. The third-order valence-electron chi connectivity index (χ3n) is 2.36. The van der Waals surface area contributed by atoms with Crippen LogP contribution in [0.1, 0.15) is 11.1 Å². The van der Waals surface area contributed by atoms with E-state index < -0.39 is 0 Å². The molecule has 1 heterocycles. The molecule has 1 aliphatic heterocycles. The van der Waals surface area contributed by atoms with Gasteiger partial charge in [-0.15, -0.1) is 0 Å². The number of benzene rings is 1. The quantitative estimate of drug-likeness (QED) is 0.555. The van der Waals surface area contributed by atoms with Gasteiger partial charge < -0.3 is 9.47 Å². The van der Waals surface area contributed by atoms with Gasteiger partial charge in [0.1, 0.15) is 0 Å². The summed E-state index contributed by atoms with van der Waals surface area (Å²) in [5.74, 6) is 1.84. The maximum atomic E-state index is 5.25. The summed E-state index contributed by atoms with van der Waals surface area (Å²) >= 11 is 0. The lowest BCUT2D eigenvalue weighted by Gasteiger charge is -2.18. The van der Waals surface area contributed by atoms with Crippen LogP contribution in [-0.2, 0) is 12.8 Å². The Bertz CT molecular complexity index is 287. The highest BCUT2D eigenvalue weighted by molar-refractivity contribution is 5.51. The van der Waals surface area contributed by atoms with E-state index in [1.54, 1.807) is 0 Å². The van der Waals surface area contributed by atoms with E-state index in [0.29, 0.717) is 6.79 Å². The predicted octanol–water partition coefficient (Wildman–Crippen LogP) is 1.51. The molecule has 0 unspecified atom stereocenters. The highest BCUT2D eigenvalue weighted by atomic mass is 16.7. The lowest BCUT2D eigenvalue weighted by molar-refractivity contribution is 0.174. The van der Waals surface area contributed by atoms with Gasteiger partial charge in [0, 0.05) is 0 Å². The Labute approximate surface area is 64.7 Å². The van der Waals surface area contributed by atoms with Crippen molar-refractivity contribution in [2.24, 2.45) is 0 Å². The molecule has 0 amide bonds. The maximum Gasteiger partial charge on any atom is 0.231 e. The summed E-state index contributed by atoms with van der Waals surface area (Å²) in [5.41, 5.74) is 2.85. The lowest BCUT2D eigenvalue weighted by atomic mass is 9.88. The van der Waals surface area contributed by atoms with Crippen molar-refractivity contribution in [2.75, 3.05) is 6.79 Å². The zero-order valence-corrected chi connectivity index (χ0v) is 6.09. The molecule has 2 nitrogen and oxygen atoms in total. The summed E-state index contributed by atoms with van der Waals surface area (Å²) in [6, 6.07) is 4.20. The summed E-state index contributed by atoms with van der Waals surface area (Å²) in [5, 5.41) is 0. The van der Waals surface area contributed by atoms with Crippen molar-refractivity contribution in [1.82, 2.24) is 0 Å². The van der Waals surface area contributed by atoms with E-state index in [2.05, 4.69) is 12.1 Å². The Morgan fingerprint density at radius 1 is 0.909 bits per heavy atom. The zero-order chi connectivity index (χ0) is 7.26. The number of rotatable bonds is 0. The molecule has 2 aliphatic rings. The number of ether oxygens (including phenoxy) is 2. The standard InChI is InChI=1S/C9H8O2/c1-2-7-4-9-8(3-6(1)7)10-5-11-9/h3-4H,1-2,5H2. The van der Waals surface area contributed by atoms with Crippen molar-refractivity contribution >= 4 is 0 Å². The average molecular weight is 148 g/mol. The number of hydrogen-bond donors (Lipinski definition) is 0. The minimum Gasteiger partial charge on any atom is -0.454 e. The number of aryl methyl sites for hydroxylation is 2. The van der Waals surface area contributed by atoms with Crippen molar-refractivity contribution in [1.29, 1.82) is 0 Å². The summed E-state index contributed by atoms with van der Waals surface area (Å²) < 4.78 is 10.5. The first-order valence-electron chi connectivity index (χ1n) is 3.85. The molecule has 0 bridgehead atoms. The van der Waals surface area contributed by atoms with Gasteiger partial charge in [-0.3, -0.25) is 0 Å². The predicted molar refractivity (Wildman–Crippen MR) is 40.0 cm³/mol. The fourth-order valence-corrected chi connectivity index (χ4v) is 1.58. The van der Waals surface area contributed by atoms with E-state index in [-0.39, 0.29) is 0 Å². The Hall–Kier alpha value is -1.18. The van der Waals surface area contributed by atoms with Crippen molar-refractivity contribution in [3.63, 3.8) is 0 Å². The van der Waals surface area contributed by atoms with Gasteiger partial charge in [-0.05, 0) is 36.1 Å². The second kappa shape index (κ2) is 1.70. The average Bonchev–Trinajstić information content (AvgIpc) is 2.40. The Kier molecular flexibility index (Phi) is 0.844. The number of hydrogen-bond acceptors (Lipinski definition) is 2. The molecule has 1 aliphatic carbocycles. The summed E-state index contributed by atoms with van der Waals surface area (Å²) in [6.07, 6.45) is 2.40. The van der Waals surface area contributed by atoms with Crippen LogP contribution in [0.15, 0.2) is 12.1 Å². The van der Waals surface area contributed by atoms with Crippen molar-refractivity contribution < 1.29 is 9.47 Å². The van der Waals surface area contributed by atoms with Crippen molar-refractivity contribution in [3.05, 3.63) is 23.3 Å². The molecular weight excluding hydrogens is 140 g/mol. The van der Waals surface area contributed by atoms with E-state index >= 15 is 0 Å². The van der Waals surface area contributed by atoms with Crippen LogP contribution in [-0.4, -0.2) is 6.79 Å². The van der Waals surface area contributed by atoms with Crippen LogP contribution in [0.4, 0.5) is 0 Å². The molecule has 2 heteroatoms. The van der Waals surface area contributed by atoms with Gasteiger partial charge in [-0.2, -0.15) is 0 Å². The van der Waals surface area contributed by atoms with Crippen LogP contribution in [0.5, 0.6) is 11.5 Å². The molecule has 0 N–H and O–H groups in total. The smallest absolute Gasteiger partial charge is 0.231 e. The second-order valence-electron chi connectivity index (χ2n) is 2.97. The molecular formula is C9H8O2. The largest absolute Gasteiger partial charge is 0.454 e. The fraction of sp³-hybridized carbons (Fsp3) is 0.333. The van der Waals surface area contributed by atoms with Gasteiger partial charge in [-0.1, -0.05) is 0 Å². The first kappa shape index (κ1) is 5.47. The highest BCUT2D eigenvalue weighted by Gasteiger charge is 2.20. The molecule has 11 heavy (non-hydrogen) atoms. The summed E-state index contributed by atoms with van der Waals surface area (Å²) in [7, 11) is 0. The third-order valence-corrected chi connectivity index (χ3v) is 2.36. The summed E-state index contributed by atoms with van der Waals surface area (Å²) in [6.45, 7) is 0.387. The molecule has 56 valence electrons. The normalized spacial score (nSPS) is 17.5. The third kappa shape index (κ3) is 0.615. The second-order valence-corrected chi connectivity index (χ2v) is 2.97. The summed E-state index contributed by atoms with van der Waals surface area (Å²) in [4.78, 5) is 0. The molecule has 0 saturated heterocycles. The zero-order valence-electron chi connectivity index (χ0n) is 6.09. The molecule has 3 rings (SSSR count). The van der Waals surface area contributed by atoms with Crippen molar-refractivity contribution in [2.45, 2.75) is 12.8 Å². The van der Waals surface area contributed by atoms with Crippen LogP contribution in [0.2, 0.25) is 0 Å². The van der Waals surface area contributed by atoms with E-state index in [0.717, 1.165) is 11.5 Å². The molecule has 1 aromatic carbocycles. The molecule has 0 fully saturated rings. The Morgan fingerprint density at radius 3 is 1.91 bits per heavy atom. The van der Waals surface area contributed by atoms with Crippen LogP contribution < -0.4 is 9.47 Å². The van der Waals surface area contributed by atoms with Crippen LogP contribution >= 0.6 is 0 Å². The topological polar surface area (TPSA) is 18.5 Å². The van der Waals surface area contributed by atoms with Crippen LogP contribution in [0, 0.1) is 0 Å². The van der Waals surface area contributed by atoms with Crippen molar-refractivity contribution in [3.8, 4) is 11.5 Å². The molecule has 0 atom stereocenters. The van der Waals surface area contributed by atoms with Crippen LogP contribution in [0.3, 0.4) is 0 Å². The molecule has 1 aromatic rings. The monoisotopic (exact) mass is 148 g/mol. The van der Waals surface area contributed by atoms with Gasteiger partial charge in [0.25, 0.3) is 0 Å². The molecule has 0 spiro atoms. The minimum absolute atomic E-state index is 0.387. The fourth-order valence-electron chi connectivity index (χ4n) is 1.58. The van der Waals surface area contributed by atoms with E-state index in [1.165, 1.54) is 24.0 Å². The highest BCUT2D eigenvalue weighted by Crippen LogP contribution is 2.38. The molecule has 0 aromatic heterocycles. The van der Waals surface area contributed by atoms with Gasteiger partial charge in [0.15, 0.2) is 11.5 Å².